The molecule has 0 N–H and O–H groups in total. The average Bonchev–Trinajstić information content (AvgIpc) is 2.78. The summed E-state index contributed by atoms with van der Waals surface area (Å²) in [6.07, 6.45) is 4.45. The van der Waals surface area contributed by atoms with Gasteiger partial charge in [0, 0.05) is 24.7 Å². The summed E-state index contributed by atoms with van der Waals surface area (Å²) in [5, 5.41) is 0. The summed E-state index contributed by atoms with van der Waals surface area (Å²) in [4.78, 5) is 11.5. The molecule has 84 valence electrons. The summed E-state index contributed by atoms with van der Waals surface area (Å²) in [7, 11) is 0. The van der Waals surface area contributed by atoms with Crippen LogP contribution in [0.5, 0.6) is 0 Å². The predicted octanol–water partition coefficient (Wildman–Crippen LogP) is 1.90. The highest BCUT2D eigenvalue weighted by Crippen LogP contribution is 2.59. The van der Waals surface area contributed by atoms with Gasteiger partial charge in [-0.3, -0.25) is 4.79 Å². The fourth-order valence-corrected chi connectivity index (χ4v) is 3.71. The Hall–Kier alpha value is -0.410. The highest BCUT2D eigenvalue weighted by atomic mass is 16.7. The summed E-state index contributed by atoms with van der Waals surface area (Å²) in [6, 6.07) is 0. The lowest BCUT2D eigenvalue weighted by Gasteiger charge is -2.44. The summed E-state index contributed by atoms with van der Waals surface area (Å²) >= 11 is 0. The first-order chi connectivity index (χ1) is 7.16. The Morgan fingerprint density at radius 1 is 1.27 bits per heavy atom. The Balaban J connectivity index is 1.92. The Labute approximate surface area is 90.1 Å². The molecule has 15 heavy (non-hydrogen) atoms. The number of Topliss-reactive ketones (excluding diaryl/α,β-unsaturated/α-hetero) is 1. The molecule has 2 aliphatic carbocycles. The molecule has 3 fully saturated rings. The molecule has 0 aromatic heterocycles. The molecule has 0 aromatic carbocycles. The molecule has 2 saturated carbocycles. The van der Waals surface area contributed by atoms with Gasteiger partial charge in [0.1, 0.15) is 5.78 Å². The number of fused-ring (bicyclic) bond motifs is 2. The van der Waals surface area contributed by atoms with Gasteiger partial charge in [-0.15, -0.1) is 0 Å². The molecule has 0 aromatic rings. The summed E-state index contributed by atoms with van der Waals surface area (Å²) in [5.74, 6) is 0.558. The molecule has 1 aliphatic heterocycles. The van der Waals surface area contributed by atoms with E-state index in [0.29, 0.717) is 18.1 Å². The van der Waals surface area contributed by atoms with Crippen molar-refractivity contribution in [3.05, 3.63) is 0 Å². The van der Waals surface area contributed by atoms with Crippen LogP contribution >= 0.6 is 0 Å². The van der Waals surface area contributed by atoms with Gasteiger partial charge in [-0.05, 0) is 18.8 Å². The zero-order chi connectivity index (χ0) is 10.5. The monoisotopic (exact) mass is 210 g/mol. The van der Waals surface area contributed by atoms with E-state index in [-0.39, 0.29) is 11.2 Å². The third-order valence-corrected chi connectivity index (χ3v) is 4.74. The molecule has 1 saturated heterocycles. The van der Waals surface area contributed by atoms with E-state index in [0.717, 1.165) is 38.9 Å². The molecule has 0 unspecified atom stereocenters. The third-order valence-electron chi connectivity index (χ3n) is 4.74. The van der Waals surface area contributed by atoms with Crippen molar-refractivity contribution >= 4 is 5.78 Å². The standard InChI is InChI=1S/C12H18O3/c1-11-4-3-10(13)8-9(11)2-5-12(11)14-6-7-15-12/h9H,2-8H2,1H3/t9-,11+/m0/s1. The maximum atomic E-state index is 11.5. The number of carbonyl (C=O) groups is 1. The van der Waals surface area contributed by atoms with Crippen molar-refractivity contribution in [1.29, 1.82) is 0 Å². The average molecular weight is 210 g/mol. The molecule has 3 aliphatic rings. The molecule has 0 radical (unpaired) electrons. The minimum atomic E-state index is -0.349. The quantitative estimate of drug-likeness (QED) is 0.612. The van der Waals surface area contributed by atoms with Crippen LogP contribution in [-0.2, 0) is 14.3 Å². The van der Waals surface area contributed by atoms with Gasteiger partial charge < -0.3 is 9.47 Å². The van der Waals surface area contributed by atoms with Crippen molar-refractivity contribution in [2.45, 2.75) is 44.8 Å². The largest absolute Gasteiger partial charge is 0.347 e. The van der Waals surface area contributed by atoms with Gasteiger partial charge in [-0.2, -0.15) is 0 Å². The zero-order valence-corrected chi connectivity index (χ0v) is 9.25. The first kappa shape index (κ1) is 9.79. The van der Waals surface area contributed by atoms with Crippen LogP contribution in [0.4, 0.5) is 0 Å². The number of hydrogen-bond acceptors (Lipinski definition) is 3. The van der Waals surface area contributed by atoms with Crippen LogP contribution in [0.15, 0.2) is 0 Å². The van der Waals surface area contributed by atoms with Crippen molar-refractivity contribution < 1.29 is 14.3 Å². The number of hydrogen-bond donors (Lipinski definition) is 0. The lowest BCUT2D eigenvalue weighted by Crippen LogP contribution is -2.48. The fourth-order valence-electron chi connectivity index (χ4n) is 3.71. The van der Waals surface area contributed by atoms with Crippen LogP contribution in [0.3, 0.4) is 0 Å². The highest BCUT2D eigenvalue weighted by Gasteiger charge is 2.62. The van der Waals surface area contributed by atoms with Crippen LogP contribution in [-0.4, -0.2) is 24.8 Å². The highest BCUT2D eigenvalue weighted by molar-refractivity contribution is 5.79. The summed E-state index contributed by atoms with van der Waals surface area (Å²) in [6.45, 7) is 3.69. The lowest BCUT2D eigenvalue weighted by molar-refractivity contribution is -0.229. The van der Waals surface area contributed by atoms with Gasteiger partial charge in [-0.25, -0.2) is 0 Å². The second-order valence-corrected chi connectivity index (χ2v) is 5.35. The van der Waals surface area contributed by atoms with E-state index in [1.165, 1.54) is 0 Å². The molecule has 1 heterocycles. The Morgan fingerprint density at radius 3 is 2.73 bits per heavy atom. The van der Waals surface area contributed by atoms with Crippen molar-refractivity contribution in [1.82, 2.24) is 0 Å². The van der Waals surface area contributed by atoms with Crippen LogP contribution in [0.25, 0.3) is 0 Å². The number of carbonyl (C=O) groups excluding carboxylic acids is 1. The van der Waals surface area contributed by atoms with E-state index in [2.05, 4.69) is 6.92 Å². The van der Waals surface area contributed by atoms with E-state index in [1.807, 2.05) is 0 Å². The smallest absolute Gasteiger partial charge is 0.174 e. The molecular weight excluding hydrogens is 192 g/mol. The van der Waals surface area contributed by atoms with E-state index in [1.54, 1.807) is 0 Å². The lowest BCUT2D eigenvalue weighted by atomic mass is 9.67. The maximum absolute atomic E-state index is 11.5. The van der Waals surface area contributed by atoms with Gasteiger partial charge in [0.15, 0.2) is 5.79 Å². The van der Waals surface area contributed by atoms with Crippen LogP contribution < -0.4 is 0 Å². The van der Waals surface area contributed by atoms with E-state index in [9.17, 15) is 4.79 Å². The van der Waals surface area contributed by atoms with Crippen LogP contribution in [0.2, 0.25) is 0 Å². The van der Waals surface area contributed by atoms with Crippen molar-refractivity contribution in [2.24, 2.45) is 11.3 Å². The molecule has 0 amide bonds. The summed E-state index contributed by atoms with van der Waals surface area (Å²) in [5.41, 5.74) is 0.0808. The number of rotatable bonds is 0. The van der Waals surface area contributed by atoms with Gasteiger partial charge in [0.2, 0.25) is 0 Å². The first-order valence-electron chi connectivity index (χ1n) is 5.96. The van der Waals surface area contributed by atoms with Crippen LogP contribution in [0, 0.1) is 11.3 Å². The minimum Gasteiger partial charge on any atom is -0.347 e. The second-order valence-electron chi connectivity index (χ2n) is 5.35. The molecule has 3 rings (SSSR count). The van der Waals surface area contributed by atoms with E-state index < -0.39 is 0 Å². The minimum absolute atomic E-state index is 0.0808. The van der Waals surface area contributed by atoms with E-state index >= 15 is 0 Å². The van der Waals surface area contributed by atoms with Crippen molar-refractivity contribution in [2.75, 3.05) is 13.2 Å². The Kier molecular flexibility index (Phi) is 1.99. The SMILES string of the molecule is C[C@@]12CCC(=O)C[C@@H]1CCC21OCCO1. The van der Waals surface area contributed by atoms with E-state index in [4.69, 9.17) is 9.47 Å². The second kappa shape index (κ2) is 3.05. The predicted molar refractivity (Wildman–Crippen MR) is 54.3 cm³/mol. The maximum Gasteiger partial charge on any atom is 0.174 e. The Morgan fingerprint density at radius 2 is 2.00 bits per heavy atom. The number of ether oxygens (including phenoxy) is 2. The third kappa shape index (κ3) is 1.16. The van der Waals surface area contributed by atoms with Crippen molar-refractivity contribution in [3.8, 4) is 0 Å². The normalized spacial score (nSPS) is 43.5. The van der Waals surface area contributed by atoms with Gasteiger partial charge >= 0.3 is 0 Å². The molecule has 0 bridgehead atoms. The number of ketones is 1. The fraction of sp³-hybridized carbons (Fsp3) is 0.917. The molecule has 3 heteroatoms. The van der Waals surface area contributed by atoms with Gasteiger partial charge in [0.05, 0.1) is 13.2 Å². The van der Waals surface area contributed by atoms with Gasteiger partial charge in [0.25, 0.3) is 0 Å². The zero-order valence-electron chi connectivity index (χ0n) is 9.25. The first-order valence-corrected chi connectivity index (χ1v) is 5.96. The van der Waals surface area contributed by atoms with Crippen molar-refractivity contribution in [3.63, 3.8) is 0 Å². The summed E-state index contributed by atoms with van der Waals surface area (Å²) < 4.78 is 11.8. The topological polar surface area (TPSA) is 35.5 Å². The van der Waals surface area contributed by atoms with Gasteiger partial charge in [-0.1, -0.05) is 6.92 Å². The molecular formula is C12H18O3. The Bertz CT molecular complexity index is 293. The molecule has 3 nitrogen and oxygen atoms in total. The molecule has 2 atom stereocenters. The molecule has 1 spiro atoms. The van der Waals surface area contributed by atoms with Crippen LogP contribution in [0.1, 0.15) is 39.0 Å².